The van der Waals surface area contributed by atoms with Crippen molar-refractivity contribution in [3.05, 3.63) is 149 Å². The number of carboxylic acids is 1. The van der Waals surface area contributed by atoms with E-state index in [9.17, 15) is 32.7 Å². The molecular formula is C42H34F3N3O6. The highest BCUT2D eigenvalue weighted by atomic mass is 19.4. The van der Waals surface area contributed by atoms with E-state index >= 15 is 0 Å². The molecule has 5 aromatic carbocycles. The molecule has 54 heavy (non-hydrogen) atoms. The normalized spacial score (nSPS) is 11.2. The lowest BCUT2D eigenvalue weighted by molar-refractivity contribution is -0.139. The maximum absolute atomic E-state index is 13.6. The molecule has 274 valence electrons. The fraction of sp³-hybridized carbons (Fsp3) is 0.143. The van der Waals surface area contributed by atoms with Gasteiger partial charge in [0.2, 0.25) is 11.8 Å². The lowest BCUT2D eigenvalue weighted by Gasteiger charge is -2.21. The van der Waals surface area contributed by atoms with Gasteiger partial charge in [0.15, 0.2) is 5.76 Å². The third-order valence-corrected chi connectivity index (χ3v) is 8.64. The molecule has 0 aliphatic carbocycles. The van der Waals surface area contributed by atoms with Gasteiger partial charge >= 0.3 is 12.1 Å². The number of hydrogen-bond donors (Lipinski definition) is 2. The minimum atomic E-state index is -4.69. The van der Waals surface area contributed by atoms with Gasteiger partial charge in [-0.05, 0) is 77.7 Å². The third kappa shape index (κ3) is 9.02. The molecule has 0 unspecified atom stereocenters. The number of oxazole rings is 1. The van der Waals surface area contributed by atoms with E-state index in [1.165, 1.54) is 49.1 Å². The van der Waals surface area contributed by atoms with Gasteiger partial charge in [-0.1, -0.05) is 72.3 Å². The number of aryl methyl sites for hydroxylation is 1. The van der Waals surface area contributed by atoms with Gasteiger partial charge in [0.1, 0.15) is 12.3 Å². The largest absolute Gasteiger partial charge is 0.497 e. The van der Waals surface area contributed by atoms with Crippen LogP contribution in [0.5, 0.6) is 5.75 Å². The summed E-state index contributed by atoms with van der Waals surface area (Å²) in [5, 5.41) is 12.1. The molecule has 12 heteroatoms. The maximum atomic E-state index is 13.6. The van der Waals surface area contributed by atoms with Crippen LogP contribution in [-0.4, -0.2) is 46.4 Å². The first kappa shape index (κ1) is 37.1. The summed E-state index contributed by atoms with van der Waals surface area (Å²) in [7, 11) is 1.25. The number of nitrogens with one attached hydrogen (secondary N) is 1. The number of amides is 2. The van der Waals surface area contributed by atoms with Crippen LogP contribution in [0.15, 0.2) is 126 Å². The fourth-order valence-corrected chi connectivity index (χ4v) is 5.81. The van der Waals surface area contributed by atoms with Crippen LogP contribution in [0.4, 0.5) is 18.9 Å². The quantitative estimate of drug-likeness (QED) is 0.129. The topological polar surface area (TPSA) is 122 Å². The summed E-state index contributed by atoms with van der Waals surface area (Å²) < 4.78 is 51.7. The Morgan fingerprint density at radius 1 is 0.815 bits per heavy atom. The molecule has 6 rings (SSSR count). The van der Waals surface area contributed by atoms with E-state index in [2.05, 4.69) is 34.6 Å². The number of carbonyl (C=O) groups excluding carboxylic acids is 2. The van der Waals surface area contributed by atoms with Crippen molar-refractivity contribution in [3.8, 4) is 39.7 Å². The lowest BCUT2D eigenvalue weighted by atomic mass is 10.0. The Morgan fingerprint density at radius 2 is 1.43 bits per heavy atom. The predicted octanol–water partition coefficient (Wildman–Crippen LogP) is 8.92. The highest BCUT2D eigenvalue weighted by molar-refractivity contribution is 5.97. The van der Waals surface area contributed by atoms with Crippen LogP contribution in [-0.2, 0) is 28.7 Å². The van der Waals surface area contributed by atoms with Crippen LogP contribution in [0.1, 0.15) is 32.6 Å². The van der Waals surface area contributed by atoms with Crippen LogP contribution in [0.2, 0.25) is 0 Å². The Morgan fingerprint density at radius 3 is 2.04 bits per heavy atom. The number of benzene rings is 5. The number of nitrogens with zero attached hydrogens (tertiary/aromatic N) is 2. The van der Waals surface area contributed by atoms with Gasteiger partial charge in [0.25, 0.3) is 5.91 Å². The van der Waals surface area contributed by atoms with E-state index in [4.69, 9.17) is 9.15 Å². The number of carboxylic acid groups (broad SMARTS) is 1. The van der Waals surface area contributed by atoms with Gasteiger partial charge in [-0.2, -0.15) is 13.2 Å². The number of aliphatic carboxylic acids is 1. The van der Waals surface area contributed by atoms with Crippen molar-refractivity contribution >= 4 is 23.5 Å². The van der Waals surface area contributed by atoms with Crippen molar-refractivity contribution in [3.63, 3.8) is 0 Å². The number of ether oxygens (including phenoxy) is 1. The van der Waals surface area contributed by atoms with Crippen LogP contribution < -0.4 is 10.1 Å². The first-order valence-corrected chi connectivity index (χ1v) is 16.7. The lowest BCUT2D eigenvalue weighted by Crippen LogP contribution is -2.35. The summed E-state index contributed by atoms with van der Waals surface area (Å²) in [5.74, 6) is -1.47. The van der Waals surface area contributed by atoms with Gasteiger partial charge in [-0.25, -0.2) is 4.98 Å². The van der Waals surface area contributed by atoms with E-state index in [0.29, 0.717) is 22.8 Å². The minimum absolute atomic E-state index is 0.0118. The average Bonchev–Trinajstić information content (AvgIpc) is 3.65. The number of alkyl halides is 3. The van der Waals surface area contributed by atoms with Crippen molar-refractivity contribution in [2.45, 2.75) is 26.1 Å². The molecule has 0 saturated heterocycles. The molecule has 0 aliphatic rings. The Hall–Kier alpha value is -6.69. The number of halogens is 3. The van der Waals surface area contributed by atoms with E-state index in [1.54, 1.807) is 30.5 Å². The summed E-state index contributed by atoms with van der Waals surface area (Å²) in [6, 6.07) is 32.3. The highest BCUT2D eigenvalue weighted by Crippen LogP contribution is 2.35. The first-order chi connectivity index (χ1) is 25.9. The molecule has 2 N–H and O–H groups in total. The standard InChI is InChI=1S/C42H34F3N3O6/c1-26-3-7-28(8-4-26)29-11-13-30(14-12-29)37-23-46-40(54-37)31-9-5-27(6-10-31)24-48(25-39(50)51)41(52)32-15-18-34(19-16-32)47-38(49)21-33-17-20-35(53-2)22-36(33)42(43,44)45/h3-20,22-23H,21,24-25H2,1-2H3,(H,47,49)(H,50,51). The molecule has 9 nitrogen and oxygen atoms in total. The number of hydrogen-bond acceptors (Lipinski definition) is 6. The van der Waals surface area contributed by atoms with Crippen LogP contribution >= 0.6 is 0 Å². The molecule has 0 atom stereocenters. The van der Waals surface area contributed by atoms with E-state index < -0.39 is 42.5 Å². The van der Waals surface area contributed by atoms with E-state index in [0.717, 1.165) is 27.7 Å². The summed E-state index contributed by atoms with van der Waals surface area (Å²) in [5.41, 5.74) is 4.80. The van der Waals surface area contributed by atoms with Crippen molar-refractivity contribution in [2.24, 2.45) is 0 Å². The molecular weight excluding hydrogens is 699 g/mol. The minimum Gasteiger partial charge on any atom is -0.497 e. The van der Waals surface area contributed by atoms with Crippen LogP contribution in [0.25, 0.3) is 33.9 Å². The Labute approximate surface area is 308 Å². The van der Waals surface area contributed by atoms with Gasteiger partial charge < -0.3 is 24.5 Å². The molecule has 0 radical (unpaired) electrons. The maximum Gasteiger partial charge on any atom is 0.416 e. The number of anilines is 1. The second kappa shape index (κ2) is 15.9. The molecule has 0 bridgehead atoms. The second-order valence-corrected chi connectivity index (χ2v) is 12.5. The third-order valence-electron chi connectivity index (χ3n) is 8.64. The number of rotatable bonds is 12. The fourth-order valence-electron chi connectivity index (χ4n) is 5.81. The smallest absolute Gasteiger partial charge is 0.416 e. The van der Waals surface area contributed by atoms with Crippen LogP contribution in [0, 0.1) is 6.92 Å². The molecule has 2 amide bonds. The second-order valence-electron chi connectivity index (χ2n) is 12.5. The summed E-state index contributed by atoms with van der Waals surface area (Å²) in [4.78, 5) is 43.4. The molecule has 0 spiro atoms. The summed E-state index contributed by atoms with van der Waals surface area (Å²) in [6.45, 7) is 1.46. The number of carbonyl (C=O) groups is 3. The molecule has 6 aromatic rings. The van der Waals surface area contributed by atoms with Crippen LogP contribution in [0.3, 0.4) is 0 Å². The Bertz CT molecular complexity index is 2270. The van der Waals surface area contributed by atoms with Gasteiger partial charge in [0, 0.05) is 28.9 Å². The van der Waals surface area contributed by atoms with Crippen molar-refractivity contribution in [2.75, 3.05) is 19.0 Å². The molecule has 1 heterocycles. The molecule has 0 fully saturated rings. The van der Waals surface area contributed by atoms with E-state index in [-0.39, 0.29) is 29.1 Å². The summed E-state index contributed by atoms with van der Waals surface area (Å²) >= 11 is 0. The van der Waals surface area contributed by atoms with Gasteiger partial charge in [-0.15, -0.1) is 0 Å². The average molecular weight is 734 g/mol. The molecule has 1 aromatic heterocycles. The van der Waals surface area contributed by atoms with Gasteiger partial charge in [-0.3, -0.25) is 14.4 Å². The SMILES string of the molecule is COc1ccc(CC(=O)Nc2ccc(C(=O)N(CC(=O)O)Cc3ccc(-c4ncc(-c5ccc(-c6ccc(C)cc6)cc5)o4)cc3)cc2)c(C(F)(F)F)c1. The zero-order valence-corrected chi connectivity index (χ0v) is 29.2. The first-order valence-electron chi connectivity index (χ1n) is 16.7. The van der Waals surface area contributed by atoms with Crippen molar-refractivity contribution < 1.29 is 41.8 Å². The van der Waals surface area contributed by atoms with E-state index in [1.807, 2.05) is 31.2 Å². The van der Waals surface area contributed by atoms with Crippen molar-refractivity contribution in [1.82, 2.24) is 9.88 Å². The highest BCUT2D eigenvalue weighted by Gasteiger charge is 2.34. The summed E-state index contributed by atoms with van der Waals surface area (Å²) in [6.07, 6.45) is -3.59. The monoisotopic (exact) mass is 733 g/mol. The molecule has 0 aliphatic heterocycles. The van der Waals surface area contributed by atoms with Crippen molar-refractivity contribution in [1.29, 1.82) is 0 Å². The number of aromatic nitrogens is 1. The predicted molar refractivity (Wildman–Crippen MR) is 197 cm³/mol. The Balaban J connectivity index is 1.09. The zero-order valence-electron chi connectivity index (χ0n) is 29.2. The van der Waals surface area contributed by atoms with Gasteiger partial charge in [0.05, 0.1) is 25.3 Å². The Kier molecular flexibility index (Phi) is 10.9. The number of methoxy groups -OCH3 is 1. The molecule has 0 saturated carbocycles. The zero-order chi connectivity index (χ0) is 38.4.